The highest BCUT2D eigenvalue weighted by molar-refractivity contribution is 9.10. The van der Waals surface area contributed by atoms with Crippen molar-refractivity contribution in [3.8, 4) is 5.75 Å². The van der Waals surface area contributed by atoms with Gasteiger partial charge in [-0.1, -0.05) is 26.0 Å². The fraction of sp³-hybridized carbons (Fsp3) is 0.600. The molecule has 1 atom stereocenters. The van der Waals surface area contributed by atoms with E-state index in [2.05, 4.69) is 46.8 Å². The van der Waals surface area contributed by atoms with Crippen LogP contribution in [0.2, 0.25) is 0 Å². The lowest BCUT2D eigenvalue weighted by Crippen LogP contribution is -2.52. The Hall–Kier alpha value is -0.580. The molecule has 1 saturated heterocycles. The second-order valence-electron chi connectivity index (χ2n) is 6.03. The fourth-order valence-corrected chi connectivity index (χ4v) is 3.34. The molecule has 1 fully saturated rings. The third-order valence-electron chi connectivity index (χ3n) is 4.04. The first-order valence-corrected chi connectivity index (χ1v) is 7.52. The Morgan fingerprint density at radius 3 is 2.84 bits per heavy atom. The lowest BCUT2D eigenvalue weighted by Gasteiger charge is -2.42. The number of likely N-dealkylation sites (tertiary alicyclic amines) is 1. The summed E-state index contributed by atoms with van der Waals surface area (Å²) in [7, 11) is 1.72. The summed E-state index contributed by atoms with van der Waals surface area (Å²) in [6, 6.07) is 6.50. The van der Waals surface area contributed by atoms with Crippen molar-refractivity contribution in [3.05, 3.63) is 28.2 Å². The van der Waals surface area contributed by atoms with Crippen LogP contribution in [0.25, 0.3) is 0 Å². The predicted octanol–water partition coefficient (Wildman–Crippen LogP) is 3.02. The van der Waals surface area contributed by atoms with Crippen LogP contribution in [0.5, 0.6) is 5.75 Å². The number of nitrogens with two attached hydrogens (primary N) is 1. The first-order chi connectivity index (χ1) is 8.94. The first-order valence-electron chi connectivity index (χ1n) is 6.73. The lowest BCUT2D eigenvalue weighted by atomic mass is 9.79. The second-order valence-corrected chi connectivity index (χ2v) is 6.88. The van der Waals surface area contributed by atoms with Crippen LogP contribution < -0.4 is 10.5 Å². The summed E-state index contributed by atoms with van der Waals surface area (Å²) in [4.78, 5) is 2.47. The molecule has 3 nitrogen and oxygen atoms in total. The third kappa shape index (κ3) is 3.30. The van der Waals surface area contributed by atoms with E-state index in [4.69, 9.17) is 10.5 Å². The molecule has 2 rings (SSSR count). The molecular weight excluding hydrogens is 304 g/mol. The van der Waals surface area contributed by atoms with Crippen molar-refractivity contribution in [2.45, 2.75) is 32.9 Å². The molecule has 0 bridgehead atoms. The molecule has 0 saturated carbocycles. The molecule has 1 heterocycles. The molecule has 1 aliphatic heterocycles. The molecule has 0 radical (unpaired) electrons. The van der Waals surface area contributed by atoms with E-state index in [0.29, 0.717) is 6.04 Å². The minimum atomic E-state index is 0.178. The molecule has 4 heteroatoms. The number of ether oxygens (including phenoxy) is 1. The Morgan fingerprint density at radius 1 is 1.47 bits per heavy atom. The minimum Gasteiger partial charge on any atom is -0.495 e. The summed E-state index contributed by atoms with van der Waals surface area (Å²) in [5.74, 6) is 0.940. The maximum Gasteiger partial charge on any atom is 0.137 e. The van der Waals surface area contributed by atoms with E-state index in [-0.39, 0.29) is 5.41 Å². The summed E-state index contributed by atoms with van der Waals surface area (Å²) < 4.78 is 6.51. The number of nitrogens with zero attached hydrogens (tertiary/aromatic N) is 1. The number of piperidine rings is 1. The molecule has 0 spiro atoms. The average molecular weight is 327 g/mol. The quantitative estimate of drug-likeness (QED) is 0.927. The summed E-state index contributed by atoms with van der Waals surface area (Å²) >= 11 is 3.54. The van der Waals surface area contributed by atoms with Crippen molar-refractivity contribution in [2.24, 2.45) is 11.1 Å². The van der Waals surface area contributed by atoms with Gasteiger partial charge in [-0.05, 0) is 33.8 Å². The Balaban J connectivity index is 2.12. The molecule has 1 unspecified atom stereocenters. The van der Waals surface area contributed by atoms with Gasteiger partial charge >= 0.3 is 0 Å². The van der Waals surface area contributed by atoms with Crippen LogP contribution in [-0.2, 0) is 6.54 Å². The standard InChI is InChI=1S/C15H23BrN2O/c1-15(2)10-18(8-7-13(15)17)9-11-5-4-6-12(16)14(11)19-3/h4-6,13H,7-10,17H2,1-3H3. The van der Waals surface area contributed by atoms with Gasteiger partial charge in [0.1, 0.15) is 5.75 Å². The van der Waals surface area contributed by atoms with Crippen molar-refractivity contribution in [1.29, 1.82) is 0 Å². The Kier molecular flexibility index (Phi) is 4.54. The van der Waals surface area contributed by atoms with Crippen molar-refractivity contribution in [1.82, 2.24) is 4.90 Å². The number of methoxy groups -OCH3 is 1. The highest BCUT2D eigenvalue weighted by atomic mass is 79.9. The van der Waals surface area contributed by atoms with Gasteiger partial charge in [-0.25, -0.2) is 0 Å². The Labute approximate surface area is 124 Å². The number of hydrogen-bond donors (Lipinski definition) is 1. The topological polar surface area (TPSA) is 38.5 Å². The number of halogens is 1. The van der Waals surface area contributed by atoms with E-state index in [1.165, 1.54) is 5.56 Å². The van der Waals surface area contributed by atoms with E-state index in [0.717, 1.165) is 36.3 Å². The third-order valence-corrected chi connectivity index (χ3v) is 4.66. The van der Waals surface area contributed by atoms with Crippen LogP contribution in [-0.4, -0.2) is 31.1 Å². The second kappa shape index (κ2) is 5.81. The maximum absolute atomic E-state index is 6.19. The van der Waals surface area contributed by atoms with Crippen LogP contribution in [0.15, 0.2) is 22.7 Å². The Morgan fingerprint density at radius 2 is 2.21 bits per heavy atom. The molecule has 2 N–H and O–H groups in total. The van der Waals surface area contributed by atoms with Gasteiger partial charge < -0.3 is 10.5 Å². The van der Waals surface area contributed by atoms with Crippen LogP contribution in [0.3, 0.4) is 0 Å². The van der Waals surface area contributed by atoms with E-state index in [9.17, 15) is 0 Å². The first kappa shape index (κ1) is 14.8. The van der Waals surface area contributed by atoms with Crippen LogP contribution in [0.1, 0.15) is 25.8 Å². The van der Waals surface area contributed by atoms with E-state index >= 15 is 0 Å². The number of rotatable bonds is 3. The molecule has 1 aliphatic rings. The molecule has 0 aromatic heterocycles. The van der Waals surface area contributed by atoms with Gasteiger partial charge in [-0.15, -0.1) is 0 Å². The average Bonchev–Trinajstić information content (AvgIpc) is 2.34. The molecule has 19 heavy (non-hydrogen) atoms. The highest BCUT2D eigenvalue weighted by Gasteiger charge is 2.33. The normalized spacial score (nSPS) is 23.3. The van der Waals surface area contributed by atoms with Crippen LogP contribution >= 0.6 is 15.9 Å². The van der Waals surface area contributed by atoms with Gasteiger partial charge in [0, 0.05) is 31.2 Å². The highest BCUT2D eigenvalue weighted by Crippen LogP contribution is 2.32. The monoisotopic (exact) mass is 326 g/mol. The molecule has 106 valence electrons. The Bertz CT molecular complexity index is 448. The fourth-order valence-electron chi connectivity index (χ4n) is 2.77. The van der Waals surface area contributed by atoms with Gasteiger partial charge in [0.25, 0.3) is 0 Å². The van der Waals surface area contributed by atoms with Crippen molar-refractivity contribution in [2.75, 3.05) is 20.2 Å². The smallest absolute Gasteiger partial charge is 0.137 e. The van der Waals surface area contributed by atoms with Crippen molar-refractivity contribution >= 4 is 15.9 Å². The van der Waals surface area contributed by atoms with Crippen molar-refractivity contribution in [3.63, 3.8) is 0 Å². The van der Waals surface area contributed by atoms with E-state index in [1.54, 1.807) is 7.11 Å². The summed E-state index contributed by atoms with van der Waals surface area (Å²) in [6.07, 6.45) is 1.06. The summed E-state index contributed by atoms with van der Waals surface area (Å²) in [5, 5.41) is 0. The zero-order valence-corrected chi connectivity index (χ0v) is 13.5. The molecule has 1 aromatic carbocycles. The zero-order valence-electron chi connectivity index (χ0n) is 11.9. The van der Waals surface area contributed by atoms with Crippen molar-refractivity contribution < 1.29 is 4.74 Å². The molecular formula is C15H23BrN2O. The van der Waals surface area contributed by atoms with Gasteiger partial charge in [0.05, 0.1) is 11.6 Å². The summed E-state index contributed by atoms with van der Waals surface area (Å²) in [5.41, 5.74) is 7.59. The number of para-hydroxylation sites is 1. The lowest BCUT2D eigenvalue weighted by molar-refractivity contribution is 0.0892. The zero-order chi connectivity index (χ0) is 14.0. The van der Waals surface area contributed by atoms with E-state index in [1.807, 2.05) is 6.07 Å². The molecule has 0 amide bonds. The molecule has 1 aromatic rings. The number of hydrogen-bond acceptors (Lipinski definition) is 3. The summed E-state index contributed by atoms with van der Waals surface area (Å²) in [6.45, 7) is 7.51. The van der Waals surface area contributed by atoms with Crippen LogP contribution in [0, 0.1) is 5.41 Å². The predicted molar refractivity (Wildman–Crippen MR) is 82.3 cm³/mol. The van der Waals surface area contributed by atoms with Gasteiger partial charge in [-0.3, -0.25) is 4.90 Å². The maximum atomic E-state index is 6.19. The molecule has 0 aliphatic carbocycles. The minimum absolute atomic E-state index is 0.178. The van der Waals surface area contributed by atoms with Gasteiger partial charge in [0.2, 0.25) is 0 Å². The van der Waals surface area contributed by atoms with E-state index < -0.39 is 0 Å². The number of benzene rings is 1. The van der Waals surface area contributed by atoms with Gasteiger partial charge in [0.15, 0.2) is 0 Å². The largest absolute Gasteiger partial charge is 0.495 e. The SMILES string of the molecule is COc1c(Br)cccc1CN1CCC(N)C(C)(C)C1. The van der Waals surface area contributed by atoms with Crippen LogP contribution in [0.4, 0.5) is 0 Å². The van der Waals surface area contributed by atoms with Gasteiger partial charge in [-0.2, -0.15) is 0 Å².